The SMILES string of the molecule is Cc1oc2ccccc2c1C(=O)N1C[C@@H](CO)[C@H](c2cnn(C)c2)C1. The van der Waals surface area contributed by atoms with Crippen molar-refractivity contribution >= 4 is 16.9 Å². The Kier molecular flexibility index (Phi) is 3.84. The summed E-state index contributed by atoms with van der Waals surface area (Å²) in [5.74, 6) is 0.719. The lowest BCUT2D eigenvalue weighted by Gasteiger charge is -2.16. The van der Waals surface area contributed by atoms with Crippen LogP contribution >= 0.6 is 0 Å². The fraction of sp³-hybridized carbons (Fsp3) is 0.368. The molecule has 0 aliphatic carbocycles. The van der Waals surface area contributed by atoms with Gasteiger partial charge in [0.25, 0.3) is 5.91 Å². The van der Waals surface area contributed by atoms with Gasteiger partial charge in [-0.25, -0.2) is 0 Å². The van der Waals surface area contributed by atoms with Crippen LogP contribution in [0.15, 0.2) is 41.1 Å². The largest absolute Gasteiger partial charge is 0.461 e. The minimum absolute atomic E-state index is 0.0200. The fourth-order valence-corrected chi connectivity index (χ4v) is 3.82. The first kappa shape index (κ1) is 15.9. The van der Waals surface area contributed by atoms with Crippen LogP contribution in [0.3, 0.4) is 0 Å². The Morgan fingerprint density at radius 3 is 2.88 bits per heavy atom. The number of carbonyl (C=O) groups is 1. The highest BCUT2D eigenvalue weighted by Crippen LogP contribution is 2.35. The van der Waals surface area contributed by atoms with Crippen LogP contribution in [-0.2, 0) is 7.05 Å². The number of benzene rings is 1. The summed E-state index contributed by atoms with van der Waals surface area (Å²) in [5.41, 5.74) is 2.41. The summed E-state index contributed by atoms with van der Waals surface area (Å²) < 4.78 is 7.49. The number of aromatic nitrogens is 2. The van der Waals surface area contributed by atoms with E-state index in [0.717, 1.165) is 16.5 Å². The number of fused-ring (bicyclic) bond motifs is 1. The van der Waals surface area contributed by atoms with E-state index >= 15 is 0 Å². The molecule has 0 unspecified atom stereocenters. The number of para-hydroxylation sites is 1. The normalized spacial score (nSPS) is 20.5. The molecule has 1 fully saturated rings. The van der Waals surface area contributed by atoms with Crippen molar-refractivity contribution in [1.82, 2.24) is 14.7 Å². The van der Waals surface area contributed by atoms with Crippen LogP contribution in [0, 0.1) is 12.8 Å². The van der Waals surface area contributed by atoms with Crippen LogP contribution < -0.4 is 0 Å². The second-order valence-electron chi connectivity index (χ2n) is 6.74. The molecule has 2 atom stereocenters. The summed E-state index contributed by atoms with van der Waals surface area (Å²) in [4.78, 5) is 15.0. The summed E-state index contributed by atoms with van der Waals surface area (Å²) in [7, 11) is 1.87. The lowest BCUT2D eigenvalue weighted by atomic mass is 9.92. The highest BCUT2D eigenvalue weighted by Gasteiger charge is 2.37. The maximum atomic E-state index is 13.1. The summed E-state index contributed by atoms with van der Waals surface area (Å²) >= 11 is 0. The maximum absolute atomic E-state index is 13.1. The van der Waals surface area contributed by atoms with Gasteiger partial charge in [0.15, 0.2) is 0 Å². The van der Waals surface area contributed by atoms with Gasteiger partial charge >= 0.3 is 0 Å². The summed E-state index contributed by atoms with van der Waals surface area (Å²) in [6.07, 6.45) is 3.78. The Labute approximate surface area is 145 Å². The Bertz CT molecular complexity index is 927. The first-order valence-corrected chi connectivity index (χ1v) is 8.45. The van der Waals surface area contributed by atoms with E-state index in [2.05, 4.69) is 5.10 Å². The zero-order chi connectivity index (χ0) is 17.6. The maximum Gasteiger partial charge on any atom is 0.258 e. The van der Waals surface area contributed by atoms with Crippen molar-refractivity contribution in [3.05, 3.63) is 53.5 Å². The molecule has 0 bridgehead atoms. The Hall–Kier alpha value is -2.60. The third kappa shape index (κ3) is 2.62. The first-order valence-electron chi connectivity index (χ1n) is 8.45. The molecule has 3 heterocycles. The van der Waals surface area contributed by atoms with Crippen LogP contribution in [0.2, 0.25) is 0 Å². The third-order valence-corrected chi connectivity index (χ3v) is 5.10. The van der Waals surface area contributed by atoms with Gasteiger partial charge in [-0.15, -0.1) is 0 Å². The molecule has 6 heteroatoms. The minimum atomic E-state index is -0.0349. The van der Waals surface area contributed by atoms with E-state index in [1.165, 1.54) is 0 Å². The molecule has 1 aliphatic rings. The molecule has 1 aliphatic heterocycles. The number of likely N-dealkylation sites (tertiary alicyclic amines) is 1. The van der Waals surface area contributed by atoms with E-state index < -0.39 is 0 Å². The average molecular weight is 339 g/mol. The first-order chi connectivity index (χ1) is 12.1. The van der Waals surface area contributed by atoms with E-state index in [-0.39, 0.29) is 24.3 Å². The number of rotatable bonds is 3. The molecule has 2 aromatic heterocycles. The van der Waals surface area contributed by atoms with Crippen molar-refractivity contribution in [3.63, 3.8) is 0 Å². The fourth-order valence-electron chi connectivity index (χ4n) is 3.82. The Balaban J connectivity index is 1.65. The zero-order valence-electron chi connectivity index (χ0n) is 14.3. The quantitative estimate of drug-likeness (QED) is 0.795. The summed E-state index contributed by atoms with van der Waals surface area (Å²) in [6, 6.07) is 7.60. The van der Waals surface area contributed by atoms with Crippen molar-refractivity contribution in [2.75, 3.05) is 19.7 Å². The van der Waals surface area contributed by atoms with Crippen LogP contribution in [0.25, 0.3) is 11.0 Å². The highest BCUT2D eigenvalue weighted by atomic mass is 16.3. The monoisotopic (exact) mass is 339 g/mol. The number of amides is 1. The number of aryl methyl sites for hydroxylation is 2. The summed E-state index contributed by atoms with van der Waals surface area (Å²) in [5, 5.41) is 14.8. The van der Waals surface area contributed by atoms with Gasteiger partial charge in [-0.1, -0.05) is 18.2 Å². The second-order valence-corrected chi connectivity index (χ2v) is 6.74. The molecular formula is C19H21N3O3. The van der Waals surface area contributed by atoms with Crippen LogP contribution in [0.4, 0.5) is 0 Å². The van der Waals surface area contributed by atoms with Crippen LogP contribution in [0.5, 0.6) is 0 Å². The number of nitrogens with zero attached hydrogens (tertiary/aromatic N) is 3. The minimum Gasteiger partial charge on any atom is -0.461 e. The van der Waals surface area contributed by atoms with E-state index in [1.54, 1.807) is 4.68 Å². The van der Waals surface area contributed by atoms with Crippen LogP contribution in [0.1, 0.15) is 27.6 Å². The zero-order valence-corrected chi connectivity index (χ0v) is 14.3. The number of aliphatic hydroxyl groups is 1. The molecule has 0 spiro atoms. The van der Waals surface area contributed by atoms with Crippen molar-refractivity contribution in [2.45, 2.75) is 12.8 Å². The summed E-state index contributed by atoms with van der Waals surface area (Å²) in [6.45, 7) is 2.99. The smallest absolute Gasteiger partial charge is 0.258 e. The predicted molar refractivity (Wildman–Crippen MR) is 93.4 cm³/mol. The predicted octanol–water partition coefficient (Wildman–Crippen LogP) is 2.32. The van der Waals surface area contributed by atoms with Crippen LogP contribution in [-0.4, -0.2) is 45.4 Å². The number of furan rings is 1. The topological polar surface area (TPSA) is 71.5 Å². The molecule has 0 saturated carbocycles. The number of hydrogen-bond acceptors (Lipinski definition) is 4. The molecule has 1 aromatic carbocycles. The number of carbonyl (C=O) groups excluding carboxylic acids is 1. The van der Waals surface area contributed by atoms with Crippen molar-refractivity contribution in [1.29, 1.82) is 0 Å². The lowest BCUT2D eigenvalue weighted by molar-refractivity contribution is 0.0781. The van der Waals surface area contributed by atoms with Crippen molar-refractivity contribution < 1.29 is 14.3 Å². The molecule has 4 rings (SSSR count). The van der Waals surface area contributed by atoms with Gasteiger partial charge in [0.1, 0.15) is 11.3 Å². The van der Waals surface area contributed by atoms with Crippen molar-refractivity contribution in [3.8, 4) is 0 Å². The van der Waals surface area contributed by atoms with Gasteiger partial charge in [0.05, 0.1) is 11.8 Å². The molecule has 25 heavy (non-hydrogen) atoms. The number of hydrogen-bond donors (Lipinski definition) is 1. The van der Waals surface area contributed by atoms with Gasteiger partial charge < -0.3 is 14.4 Å². The molecule has 1 saturated heterocycles. The van der Waals surface area contributed by atoms with E-state index in [9.17, 15) is 9.90 Å². The standard InChI is InChI=1S/C19H21N3O3/c1-12-18(15-5-3-4-6-17(15)25-12)19(24)22-9-14(11-23)16(10-22)13-7-20-21(2)8-13/h3-8,14,16,23H,9-11H2,1-2H3/t14-,16-/m0/s1. The lowest BCUT2D eigenvalue weighted by Crippen LogP contribution is -2.29. The number of aliphatic hydroxyl groups excluding tert-OH is 1. The van der Waals surface area contributed by atoms with E-state index in [1.807, 2.05) is 55.5 Å². The second kappa shape index (κ2) is 6.04. The van der Waals surface area contributed by atoms with E-state index in [4.69, 9.17) is 4.42 Å². The van der Waals surface area contributed by atoms with E-state index in [0.29, 0.717) is 24.4 Å². The van der Waals surface area contributed by atoms with Gasteiger partial charge in [-0.05, 0) is 18.6 Å². The molecule has 6 nitrogen and oxygen atoms in total. The molecule has 1 amide bonds. The van der Waals surface area contributed by atoms with Gasteiger partial charge in [0.2, 0.25) is 0 Å². The van der Waals surface area contributed by atoms with Gasteiger partial charge in [0, 0.05) is 50.2 Å². The van der Waals surface area contributed by atoms with Gasteiger partial charge in [-0.3, -0.25) is 9.48 Å². The average Bonchev–Trinajstić information content (AvgIpc) is 3.29. The molecular weight excluding hydrogens is 318 g/mol. The van der Waals surface area contributed by atoms with Gasteiger partial charge in [-0.2, -0.15) is 5.10 Å². The molecule has 3 aromatic rings. The van der Waals surface area contributed by atoms with Crippen molar-refractivity contribution in [2.24, 2.45) is 13.0 Å². The Morgan fingerprint density at radius 1 is 1.36 bits per heavy atom. The molecule has 130 valence electrons. The molecule has 1 N–H and O–H groups in total. The third-order valence-electron chi connectivity index (χ3n) is 5.10. The highest BCUT2D eigenvalue weighted by molar-refractivity contribution is 6.07. The molecule has 0 radical (unpaired) electrons. The Morgan fingerprint density at radius 2 is 2.16 bits per heavy atom.